The van der Waals surface area contributed by atoms with Gasteiger partial charge in [-0.1, -0.05) is 15.9 Å². The van der Waals surface area contributed by atoms with E-state index in [0.717, 1.165) is 10.9 Å². The molecule has 0 radical (unpaired) electrons. The first-order valence-electron chi connectivity index (χ1n) is 4.50. The summed E-state index contributed by atoms with van der Waals surface area (Å²) in [6.07, 6.45) is 0.490. The Morgan fingerprint density at radius 3 is 2.93 bits per heavy atom. The van der Waals surface area contributed by atoms with Gasteiger partial charge >= 0.3 is 0 Å². The molecule has 0 aromatic heterocycles. The smallest absolute Gasteiger partial charge is 0.129 e. The molecule has 1 saturated heterocycles. The van der Waals surface area contributed by atoms with Crippen LogP contribution in [0.15, 0.2) is 22.7 Å². The highest BCUT2D eigenvalue weighted by atomic mass is 79.9. The highest BCUT2D eigenvalue weighted by Gasteiger charge is 2.28. The van der Waals surface area contributed by atoms with Crippen molar-refractivity contribution in [3.05, 3.63) is 34.1 Å². The van der Waals surface area contributed by atoms with E-state index in [0.29, 0.717) is 12.2 Å². The Balaban J connectivity index is 2.34. The number of halogens is 2. The van der Waals surface area contributed by atoms with Crippen molar-refractivity contribution in [3.8, 4) is 0 Å². The number of rotatable bonds is 1. The minimum absolute atomic E-state index is 0.0983. The Kier molecular flexibility index (Phi) is 2.85. The van der Waals surface area contributed by atoms with E-state index < -0.39 is 0 Å². The van der Waals surface area contributed by atoms with Gasteiger partial charge in [0.1, 0.15) is 11.9 Å². The van der Waals surface area contributed by atoms with E-state index in [1.165, 1.54) is 6.07 Å². The first-order chi connectivity index (χ1) is 6.68. The molecule has 0 aliphatic carbocycles. The summed E-state index contributed by atoms with van der Waals surface area (Å²) in [5.74, 6) is -0.254. The van der Waals surface area contributed by atoms with E-state index in [9.17, 15) is 4.39 Å². The van der Waals surface area contributed by atoms with Crippen LogP contribution < -0.4 is 5.73 Å². The van der Waals surface area contributed by atoms with Crippen molar-refractivity contribution in [1.29, 1.82) is 0 Å². The van der Waals surface area contributed by atoms with Crippen LogP contribution in [0.4, 0.5) is 4.39 Å². The Morgan fingerprint density at radius 1 is 1.50 bits per heavy atom. The number of ether oxygens (including phenoxy) is 1. The van der Waals surface area contributed by atoms with Gasteiger partial charge < -0.3 is 10.5 Å². The third-order valence-electron chi connectivity index (χ3n) is 2.40. The van der Waals surface area contributed by atoms with Crippen molar-refractivity contribution in [2.45, 2.75) is 18.6 Å². The number of hydrogen-bond acceptors (Lipinski definition) is 2. The fraction of sp³-hybridized carbons (Fsp3) is 0.400. The van der Waals surface area contributed by atoms with Crippen molar-refractivity contribution in [1.82, 2.24) is 0 Å². The molecule has 76 valence electrons. The van der Waals surface area contributed by atoms with Crippen LogP contribution in [0.1, 0.15) is 18.1 Å². The predicted octanol–water partition coefficient (Wildman–Crippen LogP) is 2.38. The van der Waals surface area contributed by atoms with E-state index in [1.807, 2.05) is 0 Å². The quantitative estimate of drug-likeness (QED) is 0.841. The molecule has 14 heavy (non-hydrogen) atoms. The molecule has 0 spiro atoms. The zero-order valence-electron chi connectivity index (χ0n) is 7.54. The van der Waals surface area contributed by atoms with E-state index in [1.54, 1.807) is 12.1 Å². The van der Waals surface area contributed by atoms with E-state index in [2.05, 4.69) is 15.9 Å². The van der Waals surface area contributed by atoms with Crippen molar-refractivity contribution in [2.75, 3.05) is 6.61 Å². The summed E-state index contributed by atoms with van der Waals surface area (Å²) in [7, 11) is 0. The molecule has 0 bridgehead atoms. The second kappa shape index (κ2) is 3.96. The van der Waals surface area contributed by atoms with Gasteiger partial charge in [-0.15, -0.1) is 0 Å². The number of nitrogens with two attached hydrogens (primary N) is 1. The summed E-state index contributed by atoms with van der Waals surface area (Å²) in [4.78, 5) is 0. The maximum absolute atomic E-state index is 13.4. The molecule has 1 aliphatic rings. The maximum atomic E-state index is 13.4. The molecule has 4 heteroatoms. The second-order valence-electron chi connectivity index (χ2n) is 3.41. The van der Waals surface area contributed by atoms with Crippen LogP contribution >= 0.6 is 15.9 Å². The zero-order valence-corrected chi connectivity index (χ0v) is 9.13. The van der Waals surface area contributed by atoms with Crippen LogP contribution in [-0.4, -0.2) is 12.6 Å². The molecule has 2 atom stereocenters. The highest BCUT2D eigenvalue weighted by molar-refractivity contribution is 9.10. The van der Waals surface area contributed by atoms with Crippen LogP contribution in [0.5, 0.6) is 0 Å². The van der Waals surface area contributed by atoms with Gasteiger partial charge in [0.05, 0.1) is 0 Å². The monoisotopic (exact) mass is 259 g/mol. The van der Waals surface area contributed by atoms with E-state index in [-0.39, 0.29) is 18.0 Å². The topological polar surface area (TPSA) is 35.2 Å². The molecule has 1 fully saturated rings. The molecule has 1 aromatic rings. The standard InChI is InChI=1S/C10H11BrFNO/c11-6-1-2-8(12)7(5-6)10-9(13)3-4-14-10/h1-2,5,9-10H,3-4,13H2. The average Bonchev–Trinajstić information content (AvgIpc) is 2.56. The molecule has 1 aliphatic heterocycles. The lowest BCUT2D eigenvalue weighted by Crippen LogP contribution is -2.24. The minimum atomic E-state index is -0.299. The lowest BCUT2D eigenvalue weighted by molar-refractivity contribution is 0.102. The largest absolute Gasteiger partial charge is 0.372 e. The fourth-order valence-electron chi connectivity index (χ4n) is 1.66. The molecule has 2 rings (SSSR count). The first-order valence-corrected chi connectivity index (χ1v) is 5.30. The molecule has 2 nitrogen and oxygen atoms in total. The SMILES string of the molecule is NC1CCOC1c1cc(Br)ccc1F. The maximum Gasteiger partial charge on any atom is 0.129 e. The second-order valence-corrected chi connectivity index (χ2v) is 4.33. The lowest BCUT2D eigenvalue weighted by Gasteiger charge is -2.15. The summed E-state index contributed by atoms with van der Waals surface area (Å²) < 4.78 is 19.7. The highest BCUT2D eigenvalue weighted by Crippen LogP contribution is 2.31. The normalized spacial score (nSPS) is 26.8. The van der Waals surface area contributed by atoms with Gasteiger partial charge in [0.2, 0.25) is 0 Å². The van der Waals surface area contributed by atoms with Crippen molar-refractivity contribution < 1.29 is 9.13 Å². The van der Waals surface area contributed by atoms with Crippen molar-refractivity contribution in [3.63, 3.8) is 0 Å². The Hall–Kier alpha value is -0.450. The fourth-order valence-corrected chi connectivity index (χ4v) is 2.04. The predicted molar refractivity (Wildman–Crippen MR) is 55.4 cm³/mol. The van der Waals surface area contributed by atoms with Gasteiger partial charge in [0, 0.05) is 22.7 Å². The van der Waals surface area contributed by atoms with Crippen LogP contribution in [-0.2, 0) is 4.74 Å². The van der Waals surface area contributed by atoms with Crippen molar-refractivity contribution >= 4 is 15.9 Å². The van der Waals surface area contributed by atoms with Gasteiger partial charge in [0.15, 0.2) is 0 Å². The van der Waals surface area contributed by atoms with Gasteiger partial charge in [-0.05, 0) is 24.6 Å². The lowest BCUT2D eigenvalue weighted by atomic mass is 10.0. The van der Waals surface area contributed by atoms with Gasteiger partial charge in [-0.2, -0.15) is 0 Å². The molecule has 0 amide bonds. The zero-order chi connectivity index (χ0) is 10.1. The van der Waals surface area contributed by atoms with Crippen LogP contribution in [0, 0.1) is 5.82 Å². The number of benzene rings is 1. The Morgan fingerprint density at radius 2 is 2.29 bits per heavy atom. The molecule has 2 unspecified atom stereocenters. The average molecular weight is 260 g/mol. The summed E-state index contributed by atoms with van der Waals surface area (Å²) in [6.45, 7) is 0.609. The summed E-state index contributed by atoms with van der Waals surface area (Å²) in [5, 5.41) is 0. The Labute approximate surface area is 90.4 Å². The minimum Gasteiger partial charge on any atom is -0.372 e. The van der Waals surface area contributed by atoms with Crippen LogP contribution in [0.25, 0.3) is 0 Å². The third-order valence-corrected chi connectivity index (χ3v) is 2.90. The number of hydrogen-bond donors (Lipinski definition) is 1. The summed E-state index contributed by atoms with van der Waals surface area (Å²) >= 11 is 3.30. The van der Waals surface area contributed by atoms with E-state index in [4.69, 9.17) is 10.5 Å². The summed E-state index contributed by atoms with van der Waals surface area (Å²) in [6, 6.07) is 4.72. The third kappa shape index (κ3) is 1.82. The summed E-state index contributed by atoms with van der Waals surface area (Å²) in [5.41, 5.74) is 6.37. The van der Waals surface area contributed by atoms with Crippen molar-refractivity contribution in [2.24, 2.45) is 5.73 Å². The van der Waals surface area contributed by atoms with Gasteiger partial charge in [0.25, 0.3) is 0 Å². The molecule has 1 heterocycles. The van der Waals surface area contributed by atoms with Gasteiger partial charge in [-0.3, -0.25) is 0 Å². The molecular formula is C10H11BrFNO. The van der Waals surface area contributed by atoms with Crippen LogP contribution in [0.2, 0.25) is 0 Å². The molecule has 1 aromatic carbocycles. The Bertz CT molecular complexity index is 345. The van der Waals surface area contributed by atoms with Crippen LogP contribution in [0.3, 0.4) is 0 Å². The first kappa shape index (κ1) is 10.1. The van der Waals surface area contributed by atoms with E-state index >= 15 is 0 Å². The molecule has 0 saturated carbocycles. The molecular weight excluding hydrogens is 249 g/mol. The molecule has 2 N–H and O–H groups in total. The van der Waals surface area contributed by atoms with Gasteiger partial charge in [-0.25, -0.2) is 4.39 Å².